The quantitative estimate of drug-likeness (QED) is 0.732. The minimum absolute atomic E-state index is 0.0384. The standard InChI is InChI=1S/C19H27FN4O3/c1-11-9-24(10-12(2)27-11)17-7-6-15(8-16(17)20)21-13(3)18(25)23-19(26)22-14-4-5-14/h6-8,11-14,21H,4-5,9-10H2,1-3H3,(H2,22,23,25,26)/t11-,12+,13-/m1/s1. The summed E-state index contributed by atoms with van der Waals surface area (Å²) in [6, 6.07) is 3.81. The van der Waals surface area contributed by atoms with E-state index in [9.17, 15) is 14.0 Å². The Morgan fingerprint density at radius 2 is 1.89 bits per heavy atom. The van der Waals surface area contributed by atoms with Crippen LogP contribution in [0.2, 0.25) is 0 Å². The molecule has 0 bridgehead atoms. The molecule has 2 fully saturated rings. The van der Waals surface area contributed by atoms with Gasteiger partial charge in [-0.2, -0.15) is 0 Å². The molecule has 3 amide bonds. The van der Waals surface area contributed by atoms with Gasteiger partial charge in [0, 0.05) is 24.8 Å². The van der Waals surface area contributed by atoms with Gasteiger partial charge in [-0.25, -0.2) is 9.18 Å². The lowest BCUT2D eigenvalue weighted by Crippen LogP contribution is -2.46. The van der Waals surface area contributed by atoms with E-state index < -0.39 is 18.0 Å². The van der Waals surface area contributed by atoms with Gasteiger partial charge in [-0.05, 0) is 51.8 Å². The largest absolute Gasteiger partial charge is 0.374 e. The molecule has 0 radical (unpaired) electrons. The number of anilines is 2. The van der Waals surface area contributed by atoms with Crippen LogP contribution in [0.25, 0.3) is 0 Å². The smallest absolute Gasteiger partial charge is 0.321 e. The summed E-state index contributed by atoms with van der Waals surface area (Å²) in [6.07, 6.45) is 1.97. The number of hydrogen-bond donors (Lipinski definition) is 3. The van der Waals surface area contributed by atoms with Crippen LogP contribution in [-0.2, 0) is 9.53 Å². The molecule has 1 aliphatic heterocycles. The third-order valence-corrected chi connectivity index (χ3v) is 4.63. The number of nitrogens with one attached hydrogen (secondary N) is 3. The number of halogens is 1. The minimum atomic E-state index is -0.677. The molecule has 1 aromatic carbocycles. The number of rotatable bonds is 5. The Kier molecular flexibility index (Phi) is 5.84. The Morgan fingerprint density at radius 3 is 2.48 bits per heavy atom. The Hall–Kier alpha value is -2.35. The molecule has 3 N–H and O–H groups in total. The molecule has 1 aromatic rings. The van der Waals surface area contributed by atoms with Crippen molar-refractivity contribution in [2.24, 2.45) is 0 Å². The summed E-state index contributed by atoms with van der Waals surface area (Å²) in [5, 5.41) is 7.91. The predicted octanol–water partition coefficient (Wildman–Crippen LogP) is 2.23. The van der Waals surface area contributed by atoms with Gasteiger partial charge in [0.2, 0.25) is 5.91 Å². The van der Waals surface area contributed by atoms with Gasteiger partial charge < -0.3 is 20.3 Å². The first kappa shape index (κ1) is 19.4. The second-order valence-electron chi connectivity index (χ2n) is 7.43. The monoisotopic (exact) mass is 378 g/mol. The van der Waals surface area contributed by atoms with Crippen molar-refractivity contribution in [2.45, 2.75) is 57.9 Å². The molecule has 3 atom stereocenters. The molecule has 0 unspecified atom stereocenters. The lowest BCUT2D eigenvalue weighted by Gasteiger charge is -2.37. The first-order valence-corrected chi connectivity index (χ1v) is 9.39. The third-order valence-electron chi connectivity index (χ3n) is 4.63. The van der Waals surface area contributed by atoms with Crippen LogP contribution in [0.15, 0.2) is 18.2 Å². The van der Waals surface area contributed by atoms with E-state index in [1.165, 1.54) is 6.07 Å². The van der Waals surface area contributed by atoms with Gasteiger partial charge >= 0.3 is 6.03 Å². The van der Waals surface area contributed by atoms with Crippen LogP contribution in [0, 0.1) is 5.82 Å². The predicted molar refractivity (Wildman–Crippen MR) is 101 cm³/mol. The topological polar surface area (TPSA) is 82.7 Å². The van der Waals surface area contributed by atoms with Crippen LogP contribution >= 0.6 is 0 Å². The van der Waals surface area contributed by atoms with Gasteiger partial charge in [0.25, 0.3) is 0 Å². The number of hydrogen-bond acceptors (Lipinski definition) is 5. The zero-order valence-corrected chi connectivity index (χ0v) is 15.9. The average molecular weight is 378 g/mol. The first-order valence-electron chi connectivity index (χ1n) is 9.39. The van der Waals surface area contributed by atoms with Gasteiger partial charge in [0.15, 0.2) is 0 Å². The summed E-state index contributed by atoms with van der Waals surface area (Å²) in [5.41, 5.74) is 0.999. The molecular weight excluding hydrogens is 351 g/mol. The maximum Gasteiger partial charge on any atom is 0.321 e. The molecule has 0 spiro atoms. The summed E-state index contributed by atoms with van der Waals surface area (Å²) in [4.78, 5) is 25.7. The van der Waals surface area contributed by atoms with Gasteiger partial charge in [0.05, 0.1) is 17.9 Å². The van der Waals surface area contributed by atoms with E-state index in [4.69, 9.17) is 4.74 Å². The fourth-order valence-corrected chi connectivity index (χ4v) is 3.21. The summed E-state index contributed by atoms with van der Waals surface area (Å²) in [5.74, 6) is -0.825. The van der Waals surface area contributed by atoms with E-state index in [1.807, 2.05) is 18.7 Å². The highest BCUT2D eigenvalue weighted by Crippen LogP contribution is 2.26. The summed E-state index contributed by atoms with van der Waals surface area (Å²) < 4.78 is 20.3. The average Bonchev–Trinajstić information content (AvgIpc) is 3.37. The van der Waals surface area contributed by atoms with E-state index in [0.717, 1.165) is 12.8 Å². The molecule has 148 valence electrons. The fraction of sp³-hybridized carbons (Fsp3) is 0.579. The van der Waals surface area contributed by atoms with E-state index in [2.05, 4.69) is 16.0 Å². The van der Waals surface area contributed by atoms with Crippen LogP contribution in [0.1, 0.15) is 33.6 Å². The molecule has 1 aliphatic carbocycles. The van der Waals surface area contributed by atoms with E-state index in [-0.39, 0.29) is 24.1 Å². The van der Waals surface area contributed by atoms with Crippen LogP contribution < -0.4 is 20.9 Å². The third kappa shape index (κ3) is 5.32. The highest BCUT2D eigenvalue weighted by Gasteiger charge is 2.26. The fourth-order valence-electron chi connectivity index (χ4n) is 3.21. The van der Waals surface area contributed by atoms with Crippen molar-refractivity contribution < 1.29 is 18.7 Å². The second-order valence-corrected chi connectivity index (χ2v) is 7.43. The molecule has 8 heteroatoms. The van der Waals surface area contributed by atoms with Gasteiger partial charge in [-0.15, -0.1) is 0 Å². The summed E-state index contributed by atoms with van der Waals surface area (Å²) in [7, 11) is 0. The zero-order valence-electron chi connectivity index (χ0n) is 15.9. The van der Waals surface area contributed by atoms with Crippen molar-refractivity contribution in [3.8, 4) is 0 Å². The number of carbonyl (C=O) groups excluding carboxylic acids is 2. The Morgan fingerprint density at radius 1 is 1.22 bits per heavy atom. The number of ether oxygens (including phenoxy) is 1. The molecule has 7 nitrogen and oxygen atoms in total. The van der Waals surface area contributed by atoms with Crippen LogP contribution in [0.3, 0.4) is 0 Å². The number of morpholine rings is 1. The van der Waals surface area contributed by atoms with Crippen molar-refractivity contribution in [3.05, 3.63) is 24.0 Å². The van der Waals surface area contributed by atoms with Gasteiger partial charge in [0.1, 0.15) is 11.9 Å². The van der Waals surface area contributed by atoms with Crippen LogP contribution in [0.4, 0.5) is 20.6 Å². The first-order chi connectivity index (χ1) is 12.8. The molecule has 27 heavy (non-hydrogen) atoms. The highest BCUT2D eigenvalue weighted by molar-refractivity contribution is 5.98. The molecule has 1 saturated heterocycles. The lowest BCUT2D eigenvalue weighted by atomic mass is 10.1. The molecule has 1 heterocycles. The molecular formula is C19H27FN4O3. The van der Waals surface area contributed by atoms with E-state index in [1.54, 1.807) is 19.1 Å². The number of benzene rings is 1. The minimum Gasteiger partial charge on any atom is -0.374 e. The molecule has 3 rings (SSSR count). The number of urea groups is 1. The second kappa shape index (κ2) is 8.12. The molecule has 1 saturated carbocycles. The van der Waals surface area contributed by atoms with Crippen LogP contribution in [-0.4, -0.2) is 49.3 Å². The zero-order chi connectivity index (χ0) is 19.6. The van der Waals surface area contributed by atoms with Crippen molar-refractivity contribution in [1.29, 1.82) is 0 Å². The number of nitrogens with zero attached hydrogens (tertiary/aromatic N) is 1. The summed E-state index contributed by atoms with van der Waals surface area (Å²) >= 11 is 0. The number of carbonyl (C=O) groups is 2. The SMILES string of the molecule is C[C@@H]1CN(c2ccc(N[C@H](C)C(=O)NC(=O)NC3CC3)cc2F)C[C@H](C)O1. The number of imide groups is 1. The van der Waals surface area contributed by atoms with E-state index in [0.29, 0.717) is 24.5 Å². The molecule has 2 aliphatic rings. The van der Waals surface area contributed by atoms with Crippen LogP contribution in [0.5, 0.6) is 0 Å². The Labute approximate surface area is 158 Å². The number of amides is 3. The maximum atomic E-state index is 14.6. The molecule has 0 aromatic heterocycles. The highest BCUT2D eigenvalue weighted by atomic mass is 19.1. The Bertz CT molecular complexity index is 700. The normalized spacial score (nSPS) is 23.5. The summed E-state index contributed by atoms with van der Waals surface area (Å²) in [6.45, 7) is 6.81. The lowest BCUT2D eigenvalue weighted by molar-refractivity contribution is -0.120. The van der Waals surface area contributed by atoms with Crippen molar-refractivity contribution in [3.63, 3.8) is 0 Å². The Balaban J connectivity index is 1.57. The van der Waals surface area contributed by atoms with Crippen molar-refractivity contribution in [2.75, 3.05) is 23.3 Å². The van der Waals surface area contributed by atoms with E-state index >= 15 is 0 Å². The maximum absolute atomic E-state index is 14.6. The van der Waals surface area contributed by atoms with Gasteiger partial charge in [-0.1, -0.05) is 0 Å². The van der Waals surface area contributed by atoms with Crippen molar-refractivity contribution in [1.82, 2.24) is 10.6 Å². The van der Waals surface area contributed by atoms with Gasteiger partial charge in [-0.3, -0.25) is 10.1 Å². The van der Waals surface area contributed by atoms with Crippen molar-refractivity contribution >= 4 is 23.3 Å².